The molecule has 0 bridgehead atoms. The molecule has 0 spiro atoms. The molecule has 0 aliphatic heterocycles. The Morgan fingerprint density at radius 2 is 1.68 bits per heavy atom. The number of hydrogen-bond donors (Lipinski definition) is 1. The average molecular weight is 352 g/mol. The molecule has 0 amide bonds. The van der Waals surface area contributed by atoms with Crippen LogP contribution in [0, 0.1) is 0 Å². The second kappa shape index (κ2) is 7.77. The number of rotatable bonds is 5. The molecule has 0 unspecified atom stereocenters. The average Bonchev–Trinajstić information content (AvgIpc) is 2.62. The van der Waals surface area contributed by atoms with Crippen LogP contribution in [0.4, 0.5) is 11.5 Å². The van der Waals surface area contributed by atoms with Gasteiger partial charge in [-0.15, -0.1) is 0 Å². The highest BCUT2D eigenvalue weighted by Gasteiger charge is 2.04. The first kappa shape index (κ1) is 16.9. The van der Waals surface area contributed by atoms with Crippen molar-refractivity contribution in [2.75, 3.05) is 24.4 Å². The first-order valence-corrected chi connectivity index (χ1v) is 8.17. The highest BCUT2D eigenvalue weighted by atomic mass is 35.5. The molecule has 5 nitrogen and oxygen atoms in total. The van der Waals surface area contributed by atoms with Crippen LogP contribution in [-0.2, 0) is 0 Å². The zero-order chi connectivity index (χ0) is 17.6. The summed E-state index contributed by atoms with van der Waals surface area (Å²) >= 11 is 6.12. The van der Waals surface area contributed by atoms with Crippen LogP contribution in [-0.4, -0.2) is 30.3 Å². The Morgan fingerprint density at radius 1 is 1.00 bits per heavy atom. The van der Waals surface area contributed by atoms with Crippen molar-refractivity contribution in [3.05, 3.63) is 65.3 Å². The number of halogens is 1. The molecule has 0 saturated heterocycles. The minimum atomic E-state index is 0.291. The van der Waals surface area contributed by atoms with E-state index in [2.05, 4.69) is 49.7 Å². The normalized spacial score (nSPS) is 11.5. The first-order chi connectivity index (χ1) is 12.1. The Bertz CT molecular complexity index is 917. The lowest BCUT2D eigenvalue weighted by Crippen LogP contribution is -2.07. The first-order valence-electron chi connectivity index (χ1n) is 7.79. The van der Waals surface area contributed by atoms with Gasteiger partial charge in [-0.05, 0) is 35.9 Å². The smallest absolute Gasteiger partial charge is 0.185 e. The number of aromatic nitrogens is 2. The highest BCUT2D eigenvalue weighted by molar-refractivity contribution is 6.32. The van der Waals surface area contributed by atoms with Gasteiger partial charge in [0.25, 0.3) is 0 Å². The van der Waals surface area contributed by atoms with Gasteiger partial charge in [0.15, 0.2) is 11.0 Å². The molecule has 6 heteroatoms. The van der Waals surface area contributed by atoms with Crippen molar-refractivity contribution in [3.63, 3.8) is 0 Å². The molecule has 0 aliphatic rings. The van der Waals surface area contributed by atoms with Gasteiger partial charge < -0.3 is 4.90 Å². The van der Waals surface area contributed by atoms with Gasteiger partial charge in [-0.25, -0.2) is 9.97 Å². The molecule has 1 heterocycles. The maximum atomic E-state index is 6.12. The Kier molecular flexibility index (Phi) is 5.26. The van der Waals surface area contributed by atoms with Crippen molar-refractivity contribution < 1.29 is 0 Å². The maximum Gasteiger partial charge on any atom is 0.185 e. The van der Waals surface area contributed by atoms with E-state index in [1.807, 2.05) is 50.5 Å². The van der Waals surface area contributed by atoms with Gasteiger partial charge in [0.05, 0.1) is 11.0 Å². The molecule has 3 aromatic rings. The minimum absolute atomic E-state index is 0.291. The molecule has 25 heavy (non-hydrogen) atoms. The van der Waals surface area contributed by atoms with Crippen LogP contribution in [0.1, 0.15) is 5.56 Å². The van der Waals surface area contributed by atoms with Crippen molar-refractivity contribution in [2.24, 2.45) is 5.10 Å². The maximum absolute atomic E-state index is 6.12. The number of allylic oxidation sites excluding steroid dienone is 1. The van der Waals surface area contributed by atoms with Gasteiger partial charge in [0.1, 0.15) is 0 Å². The molecule has 0 radical (unpaired) electrons. The molecule has 1 aromatic heterocycles. The van der Waals surface area contributed by atoms with Crippen molar-refractivity contribution in [2.45, 2.75) is 0 Å². The molecular weight excluding hydrogens is 334 g/mol. The monoisotopic (exact) mass is 351 g/mol. The fraction of sp³-hybridized carbons (Fsp3) is 0.105. The Labute approximate surface area is 151 Å². The van der Waals surface area contributed by atoms with Crippen LogP contribution in [0.5, 0.6) is 0 Å². The quantitative estimate of drug-likeness (QED) is 0.544. The largest absolute Gasteiger partial charge is 0.378 e. The Balaban J connectivity index is 1.64. The van der Waals surface area contributed by atoms with Gasteiger partial charge in [0.2, 0.25) is 0 Å². The summed E-state index contributed by atoms with van der Waals surface area (Å²) in [4.78, 5) is 10.8. The molecule has 0 fully saturated rings. The third-order valence-corrected chi connectivity index (χ3v) is 3.82. The van der Waals surface area contributed by atoms with Crippen molar-refractivity contribution in [1.82, 2.24) is 9.97 Å². The number of hydrazone groups is 1. The summed E-state index contributed by atoms with van der Waals surface area (Å²) in [5, 5.41) is 4.40. The molecule has 0 saturated carbocycles. The summed E-state index contributed by atoms with van der Waals surface area (Å²) in [5.41, 5.74) is 6.60. The predicted molar refractivity (Wildman–Crippen MR) is 106 cm³/mol. The van der Waals surface area contributed by atoms with Crippen molar-refractivity contribution >= 4 is 46.4 Å². The Hall–Kier alpha value is -2.92. The predicted octanol–water partition coefficient (Wildman–Crippen LogP) is 4.46. The molecule has 3 rings (SSSR count). The van der Waals surface area contributed by atoms with Gasteiger partial charge in [-0.1, -0.05) is 41.9 Å². The zero-order valence-corrected chi connectivity index (χ0v) is 14.8. The van der Waals surface area contributed by atoms with E-state index in [0.29, 0.717) is 11.0 Å². The van der Waals surface area contributed by atoms with Gasteiger partial charge in [-0.3, -0.25) is 5.43 Å². The number of hydrogen-bond acceptors (Lipinski definition) is 5. The number of nitrogens with one attached hydrogen (secondary N) is 1. The summed E-state index contributed by atoms with van der Waals surface area (Å²) in [6.07, 6.45) is 5.46. The minimum Gasteiger partial charge on any atom is -0.378 e. The second-order valence-electron chi connectivity index (χ2n) is 5.59. The van der Waals surface area contributed by atoms with Gasteiger partial charge in [0, 0.05) is 26.0 Å². The van der Waals surface area contributed by atoms with Crippen LogP contribution in [0.2, 0.25) is 5.15 Å². The third kappa shape index (κ3) is 4.33. The molecule has 2 aromatic carbocycles. The van der Waals surface area contributed by atoms with E-state index < -0.39 is 0 Å². The van der Waals surface area contributed by atoms with E-state index in [4.69, 9.17) is 11.6 Å². The van der Waals surface area contributed by atoms with E-state index >= 15 is 0 Å². The van der Waals surface area contributed by atoms with Crippen LogP contribution in [0.3, 0.4) is 0 Å². The lowest BCUT2D eigenvalue weighted by Gasteiger charge is -2.11. The molecule has 126 valence electrons. The van der Waals surface area contributed by atoms with Gasteiger partial charge in [-0.2, -0.15) is 5.10 Å². The number of benzene rings is 2. The van der Waals surface area contributed by atoms with Crippen molar-refractivity contribution in [3.8, 4) is 0 Å². The number of nitrogens with zero attached hydrogens (tertiary/aromatic N) is 4. The second-order valence-corrected chi connectivity index (χ2v) is 5.94. The summed E-state index contributed by atoms with van der Waals surface area (Å²) in [6, 6.07) is 15.8. The van der Waals surface area contributed by atoms with E-state index in [1.54, 1.807) is 6.21 Å². The number of para-hydroxylation sites is 2. The molecule has 0 aliphatic carbocycles. The Morgan fingerprint density at radius 3 is 2.36 bits per heavy atom. The lowest BCUT2D eigenvalue weighted by molar-refractivity contribution is 1.13. The van der Waals surface area contributed by atoms with E-state index in [9.17, 15) is 0 Å². The molecule has 1 N–H and O–H groups in total. The van der Waals surface area contributed by atoms with Crippen molar-refractivity contribution in [1.29, 1.82) is 0 Å². The van der Waals surface area contributed by atoms with Crippen LogP contribution in [0.15, 0.2) is 59.7 Å². The molecule has 0 atom stereocenters. The number of fused-ring (bicyclic) bond motifs is 1. The summed E-state index contributed by atoms with van der Waals surface area (Å²) in [6.45, 7) is 0. The zero-order valence-electron chi connectivity index (χ0n) is 14.0. The summed E-state index contributed by atoms with van der Waals surface area (Å²) < 4.78 is 0. The van der Waals surface area contributed by atoms with E-state index in [-0.39, 0.29) is 0 Å². The standard InChI is InChI=1S/C19H18ClN5/c1-25(2)15-11-9-14(10-12-15)6-5-13-21-24-19-18(20)22-16-7-3-4-8-17(16)23-19/h3-13H,1-2H3,(H,23,24)/b6-5+,21-13+. The van der Waals surface area contributed by atoms with Crippen LogP contribution in [0.25, 0.3) is 17.1 Å². The molecular formula is C19H18ClN5. The third-order valence-electron chi connectivity index (χ3n) is 3.56. The van der Waals surface area contributed by atoms with E-state index in [0.717, 1.165) is 22.3 Å². The summed E-state index contributed by atoms with van der Waals surface area (Å²) in [7, 11) is 4.04. The number of anilines is 2. The lowest BCUT2D eigenvalue weighted by atomic mass is 10.2. The summed E-state index contributed by atoms with van der Waals surface area (Å²) in [5.74, 6) is 0.431. The SMILES string of the molecule is CN(C)c1ccc(/C=C/C=N/Nc2nc3ccccc3nc2Cl)cc1. The van der Waals surface area contributed by atoms with Gasteiger partial charge >= 0.3 is 0 Å². The van der Waals surface area contributed by atoms with Crippen LogP contribution < -0.4 is 10.3 Å². The fourth-order valence-electron chi connectivity index (χ4n) is 2.23. The topological polar surface area (TPSA) is 53.4 Å². The van der Waals surface area contributed by atoms with Crippen LogP contribution >= 0.6 is 11.6 Å². The highest BCUT2D eigenvalue weighted by Crippen LogP contribution is 2.20. The van der Waals surface area contributed by atoms with E-state index in [1.165, 1.54) is 0 Å². The fourth-order valence-corrected chi connectivity index (χ4v) is 2.40.